The number of rotatable bonds is 7. The summed E-state index contributed by atoms with van der Waals surface area (Å²) in [5.74, 6) is -0.0816. The summed E-state index contributed by atoms with van der Waals surface area (Å²) in [4.78, 5) is 24.5. The lowest BCUT2D eigenvalue weighted by Crippen LogP contribution is -2.37. The Hall–Kier alpha value is -2.57. The minimum Gasteiger partial charge on any atom is -0.497 e. The van der Waals surface area contributed by atoms with Gasteiger partial charge in [0.1, 0.15) is 5.75 Å². The number of hydrogen-bond acceptors (Lipinski definition) is 4. The lowest BCUT2D eigenvalue weighted by atomic mass is 10.1. The topological polar surface area (TPSA) is 93.5 Å². The molecule has 0 heterocycles. The first-order valence-corrected chi connectivity index (χ1v) is 8.50. The zero-order valence-electron chi connectivity index (χ0n) is 15.7. The summed E-state index contributed by atoms with van der Waals surface area (Å²) in [5, 5.41) is 5.60. The van der Waals surface area contributed by atoms with E-state index in [1.807, 2.05) is 30.3 Å². The summed E-state index contributed by atoms with van der Waals surface area (Å²) in [5.41, 5.74) is 7.97. The van der Waals surface area contributed by atoms with Gasteiger partial charge in [0.15, 0.2) is 0 Å². The van der Waals surface area contributed by atoms with Gasteiger partial charge in [-0.3, -0.25) is 9.59 Å². The molecule has 27 heavy (non-hydrogen) atoms. The molecule has 2 aromatic rings. The van der Waals surface area contributed by atoms with Gasteiger partial charge in [0.2, 0.25) is 11.8 Å². The van der Waals surface area contributed by atoms with Crippen molar-refractivity contribution < 1.29 is 14.3 Å². The number of benzene rings is 2. The molecular formula is C20H26ClN3O3. The van der Waals surface area contributed by atoms with Crippen molar-refractivity contribution in [3.8, 4) is 5.75 Å². The van der Waals surface area contributed by atoms with Gasteiger partial charge in [-0.25, -0.2) is 0 Å². The van der Waals surface area contributed by atoms with Crippen LogP contribution in [0.3, 0.4) is 0 Å². The van der Waals surface area contributed by atoms with E-state index in [9.17, 15) is 9.59 Å². The van der Waals surface area contributed by atoms with Crippen LogP contribution in [0.5, 0.6) is 5.75 Å². The molecule has 6 nitrogen and oxygen atoms in total. The molecule has 0 spiro atoms. The van der Waals surface area contributed by atoms with Crippen LogP contribution in [0.2, 0.25) is 0 Å². The Morgan fingerprint density at radius 2 is 1.63 bits per heavy atom. The van der Waals surface area contributed by atoms with Crippen LogP contribution in [-0.4, -0.2) is 25.0 Å². The summed E-state index contributed by atoms with van der Waals surface area (Å²) >= 11 is 0. The smallest absolute Gasteiger partial charge is 0.241 e. The maximum atomic E-state index is 12.5. The Kier molecular flexibility index (Phi) is 8.78. The van der Waals surface area contributed by atoms with E-state index in [1.54, 1.807) is 32.0 Å². The highest BCUT2D eigenvalue weighted by Crippen LogP contribution is 2.27. The van der Waals surface area contributed by atoms with E-state index in [0.29, 0.717) is 23.5 Å². The van der Waals surface area contributed by atoms with Gasteiger partial charge in [-0.1, -0.05) is 44.2 Å². The Labute approximate surface area is 165 Å². The molecule has 146 valence electrons. The second-order valence-electron chi connectivity index (χ2n) is 6.34. The maximum absolute atomic E-state index is 12.5. The van der Waals surface area contributed by atoms with Crippen molar-refractivity contribution in [1.29, 1.82) is 0 Å². The number of nitrogens with two attached hydrogens (primary N) is 1. The third-order valence-corrected chi connectivity index (χ3v) is 3.90. The number of methoxy groups -OCH3 is 1. The summed E-state index contributed by atoms with van der Waals surface area (Å²) in [6.07, 6.45) is 0.421. The van der Waals surface area contributed by atoms with Crippen LogP contribution in [0, 0.1) is 5.92 Å². The van der Waals surface area contributed by atoms with Gasteiger partial charge in [0.05, 0.1) is 24.5 Å². The number of carbonyl (C=O) groups excluding carboxylic acids is 2. The summed E-state index contributed by atoms with van der Waals surface area (Å²) in [6, 6.07) is 13.9. The molecular weight excluding hydrogens is 366 g/mol. The third-order valence-electron chi connectivity index (χ3n) is 3.90. The van der Waals surface area contributed by atoms with Crippen molar-refractivity contribution in [1.82, 2.24) is 0 Å². The number of hydrogen-bond donors (Lipinski definition) is 3. The fourth-order valence-electron chi connectivity index (χ4n) is 2.33. The quantitative estimate of drug-likeness (QED) is 0.675. The number of anilines is 2. The van der Waals surface area contributed by atoms with Crippen LogP contribution in [0.4, 0.5) is 11.4 Å². The molecule has 2 rings (SSSR count). The highest BCUT2D eigenvalue weighted by Gasteiger charge is 2.17. The fraction of sp³-hybridized carbons (Fsp3) is 0.300. The lowest BCUT2D eigenvalue weighted by Gasteiger charge is -2.17. The van der Waals surface area contributed by atoms with Gasteiger partial charge >= 0.3 is 0 Å². The van der Waals surface area contributed by atoms with Crippen LogP contribution < -0.4 is 21.1 Å². The van der Waals surface area contributed by atoms with Gasteiger partial charge in [-0.05, 0) is 24.1 Å². The molecule has 0 bridgehead atoms. The van der Waals surface area contributed by atoms with Crippen molar-refractivity contribution >= 4 is 35.6 Å². The second-order valence-corrected chi connectivity index (χ2v) is 6.34. The maximum Gasteiger partial charge on any atom is 0.241 e. The van der Waals surface area contributed by atoms with Gasteiger partial charge < -0.3 is 21.1 Å². The first-order chi connectivity index (χ1) is 12.4. The van der Waals surface area contributed by atoms with Gasteiger partial charge in [-0.2, -0.15) is 0 Å². The van der Waals surface area contributed by atoms with Crippen LogP contribution in [0.15, 0.2) is 48.5 Å². The highest BCUT2D eigenvalue weighted by molar-refractivity contribution is 6.02. The lowest BCUT2D eigenvalue weighted by molar-refractivity contribution is -0.119. The Morgan fingerprint density at radius 3 is 2.22 bits per heavy atom. The SMILES string of the molecule is COc1ccc(NC(=O)C(C)C)c(NC(=O)[C@H](N)Cc2ccccc2)c1.Cl. The highest BCUT2D eigenvalue weighted by atomic mass is 35.5. The van der Waals surface area contributed by atoms with E-state index in [0.717, 1.165) is 5.56 Å². The molecule has 0 saturated heterocycles. The first kappa shape index (κ1) is 22.5. The predicted molar refractivity (Wildman–Crippen MR) is 110 cm³/mol. The van der Waals surface area contributed by atoms with Crippen molar-refractivity contribution in [2.45, 2.75) is 26.3 Å². The van der Waals surface area contributed by atoms with E-state index < -0.39 is 6.04 Å². The molecule has 0 aliphatic carbocycles. The minimum absolute atomic E-state index is 0. The molecule has 2 amide bonds. The van der Waals surface area contributed by atoms with E-state index >= 15 is 0 Å². The fourth-order valence-corrected chi connectivity index (χ4v) is 2.33. The number of ether oxygens (including phenoxy) is 1. The zero-order valence-corrected chi connectivity index (χ0v) is 16.5. The average Bonchev–Trinajstić information content (AvgIpc) is 2.63. The third kappa shape index (κ3) is 6.58. The van der Waals surface area contributed by atoms with Crippen LogP contribution in [0.1, 0.15) is 19.4 Å². The molecule has 7 heteroatoms. The Balaban J connectivity index is 0.00000364. The van der Waals surface area contributed by atoms with Gasteiger partial charge in [-0.15, -0.1) is 12.4 Å². The molecule has 4 N–H and O–H groups in total. The van der Waals surface area contributed by atoms with E-state index in [-0.39, 0.29) is 30.1 Å². The Bertz CT molecular complexity index is 766. The molecule has 0 fully saturated rings. The predicted octanol–water partition coefficient (Wildman–Crippen LogP) is 3.22. The van der Waals surface area contributed by atoms with Crippen molar-refractivity contribution in [2.24, 2.45) is 11.7 Å². The molecule has 2 aromatic carbocycles. The normalized spacial score (nSPS) is 11.3. The number of amides is 2. The van der Waals surface area contributed by atoms with Gasteiger partial charge in [0, 0.05) is 12.0 Å². The van der Waals surface area contributed by atoms with Gasteiger partial charge in [0.25, 0.3) is 0 Å². The first-order valence-electron chi connectivity index (χ1n) is 8.50. The summed E-state index contributed by atoms with van der Waals surface area (Å²) in [6.45, 7) is 3.60. The summed E-state index contributed by atoms with van der Waals surface area (Å²) < 4.78 is 5.20. The molecule has 0 aliphatic rings. The molecule has 0 saturated carbocycles. The van der Waals surface area contributed by atoms with Crippen LogP contribution in [-0.2, 0) is 16.0 Å². The van der Waals surface area contributed by atoms with E-state index in [1.165, 1.54) is 7.11 Å². The largest absolute Gasteiger partial charge is 0.497 e. The monoisotopic (exact) mass is 391 g/mol. The van der Waals surface area contributed by atoms with Crippen molar-refractivity contribution in [3.63, 3.8) is 0 Å². The molecule has 0 unspecified atom stereocenters. The molecule has 1 atom stereocenters. The number of carbonyl (C=O) groups is 2. The molecule has 0 radical (unpaired) electrons. The Morgan fingerprint density at radius 1 is 1.00 bits per heavy atom. The van der Waals surface area contributed by atoms with E-state index in [2.05, 4.69) is 10.6 Å². The number of halogens is 1. The average molecular weight is 392 g/mol. The van der Waals surface area contributed by atoms with Crippen LogP contribution in [0.25, 0.3) is 0 Å². The second kappa shape index (κ2) is 10.5. The van der Waals surface area contributed by atoms with Crippen molar-refractivity contribution in [2.75, 3.05) is 17.7 Å². The van der Waals surface area contributed by atoms with Crippen molar-refractivity contribution in [3.05, 3.63) is 54.1 Å². The number of nitrogens with one attached hydrogen (secondary N) is 2. The molecule has 0 aliphatic heterocycles. The van der Waals surface area contributed by atoms with E-state index in [4.69, 9.17) is 10.5 Å². The van der Waals surface area contributed by atoms with Crippen LogP contribution >= 0.6 is 12.4 Å². The summed E-state index contributed by atoms with van der Waals surface area (Å²) in [7, 11) is 1.54. The molecule has 0 aromatic heterocycles. The minimum atomic E-state index is -0.711. The zero-order chi connectivity index (χ0) is 19.1. The standard InChI is InChI=1S/C20H25N3O3.ClH/c1-13(2)19(24)22-17-10-9-15(26-3)12-18(17)23-20(25)16(21)11-14-7-5-4-6-8-14;/h4-10,12-13,16H,11,21H2,1-3H3,(H,22,24)(H,23,25);1H/t16-;/m1./s1.